The van der Waals surface area contributed by atoms with Gasteiger partial charge in [0.15, 0.2) is 0 Å². The van der Waals surface area contributed by atoms with E-state index in [-0.39, 0.29) is 25.5 Å². The van der Waals surface area contributed by atoms with Crippen LogP contribution in [0.1, 0.15) is 18.0 Å². The fourth-order valence-electron chi connectivity index (χ4n) is 2.25. The Bertz CT molecular complexity index is 660. The summed E-state index contributed by atoms with van der Waals surface area (Å²) in [6.07, 6.45) is -0.188. The number of carbonyl (C=O) groups is 2. The van der Waals surface area contributed by atoms with Crippen LogP contribution in [0.4, 0.5) is 0 Å². The molecule has 0 aliphatic carbocycles. The third-order valence-corrected chi connectivity index (χ3v) is 3.39. The molecule has 2 rings (SSSR count). The van der Waals surface area contributed by atoms with Gasteiger partial charge in [-0.15, -0.1) is 0 Å². The lowest BCUT2D eigenvalue weighted by molar-refractivity contribution is -0.138. The predicted molar refractivity (Wildman–Crippen MR) is 92.3 cm³/mol. The van der Waals surface area contributed by atoms with E-state index in [1.165, 1.54) is 0 Å². The molecule has 25 heavy (non-hydrogen) atoms. The van der Waals surface area contributed by atoms with Crippen molar-refractivity contribution < 1.29 is 24.2 Å². The second kappa shape index (κ2) is 10.1. The number of hydrogen-bond acceptors (Lipinski definition) is 4. The molecule has 1 atom stereocenters. The van der Waals surface area contributed by atoms with Crippen LogP contribution in [0.25, 0.3) is 0 Å². The molecule has 1 amide bonds. The van der Waals surface area contributed by atoms with Gasteiger partial charge in [0.2, 0.25) is 5.91 Å². The highest BCUT2D eigenvalue weighted by Gasteiger charge is 2.17. The molecule has 1 unspecified atom stereocenters. The zero-order valence-electron chi connectivity index (χ0n) is 13.8. The Labute approximate surface area is 146 Å². The van der Waals surface area contributed by atoms with Gasteiger partial charge < -0.3 is 19.9 Å². The molecule has 2 aromatic carbocycles. The highest BCUT2D eigenvalue weighted by atomic mass is 16.5. The third-order valence-electron chi connectivity index (χ3n) is 3.39. The summed E-state index contributed by atoms with van der Waals surface area (Å²) in [7, 11) is 0. The predicted octanol–water partition coefficient (Wildman–Crippen LogP) is 2.41. The number of carbonyl (C=O) groups excluding carboxylic acids is 1. The maximum atomic E-state index is 12.0. The number of ether oxygens (including phenoxy) is 2. The van der Waals surface area contributed by atoms with E-state index in [1.54, 1.807) is 24.3 Å². The second-order valence-electron chi connectivity index (χ2n) is 5.34. The van der Waals surface area contributed by atoms with Crippen LogP contribution in [-0.2, 0) is 14.3 Å². The molecule has 0 aromatic heterocycles. The Morgan fingerprint density at radius 2 is 1.60 bits per heavy atom. The van der Waals surface area contributed by atoms with Crippen molar-refractivity contribution in [1.29, 1.82) is 0 Å². The summed E-state index contributed by atoms with van der Waals surface area (Å²) in [6.45, 7) is 0.437. The Kier molecular flexibility index (Phi) is 7.46. The van der Waals surface area contributed by atoms with Gasteiger partial charge in [-0.2, -0.15) is 0 Å². The number of nitrogens with one attached hydrogen (secondary N) is 1. The normalized spacial score (nSPS) is 11.5. The molecule has 0 spiro atoms. The van der Waals surface area contributed by atoms with E-state index in [1.807, 2.05) is 36.4 Å². The van der Waals surface area contributed by atoms with Crippen molar-refractivity contribution in [3.63, 3.8) is 0 Å². The molecule has 6 heteroatoms. The van der Waals surface area contributed by atoms with Crippen LogP contribution in [0.15, 0.2) is 60.7 Å². The number of aliphatic carboxylic acids is 1. The number of amides is 1. The van der Waals surface area contributed by atoms with E-state index in [0.29, 0.717) is 6.61 Å². The molecule has 0 saturated carbocycles. The van der Waals surface area contributed by atoms with Gasteiger partial charge >= 0.3 is 5.97 Å². The molecule has 6 nitrogen and oxygen atoms in total. The summed E-state index contributed by atoms with van der Waals surface area (Å²) in [5.41, 5.74) is 0.741. The molecule has 0 heterocycles. The maximum absolute atomic E-state index is 12.0. The number of hydrogen-bond donors (Lipinski definition) is 2. The number of rotatable bonds is 10. The van der Waals surface area contributed by atoms with Crippen molar-refractivity contribution >= 4 is 11.9 Å². The van der Waals surface area contributed by atoms with Crippen LogP contribution < -0.4 is 10.1 Å². The lowest BCUT2D eigenvalue weighted by atomic mass is 10.0. The van der Waals surface area contributed by atoms with Crippen LogP contribution >= 0.6 is 0 Å². The van der Waals surface area contributed by atoms with E-state index < -0.39 is 12.0 Å². The Balaban J connectivity index is 1.72. The first kappa shape index (κ1) is 18.5. The van der Waals surface area contributed by atoms with Gasteiger partial charge in [-0.05, 0) is 17.7 Å². The quantitative estimate of drug-likeness (QED) is 0.647. The molecule has 132 valence electrons. The fourth-order valence-corrected chi connectivity index (χ4v) is 2.25. The van der Waals surface area contributed by atoms with Gasteiger partial charge in [0.05, 0.1) is 19.1 Å². The van der Waals surface area contributed by atoms with E-state index in [0.717, 1.165) is 11.3 Å². The topological polar surface area (TPSA) is 84.9 Å². The molecular formula is C19H21NO5. The molecule has 0 radical (unpaired) electrons. The lowest BCUT2D eigenvalue weighted by Gasteiger charge is -2.17. The molecule has 0 bridgehead atoms. The fraction of sp³-hybridized carbons (Fsp3) is 0.263. The summed E-state index contributed by atoms with van der Waals surface area (Å²) in [4.78, 5) is 23.0. The standard InChI is InChI=1S/C19H21NO5/c21-18(14-24-11-12-25-16-9-5-2-6-10-16)20-17(13-19(22)23)15-7-3-1-4-8-15/h1-10,17H,11-14H2,(H,20,21)(H,22,23). The summed E-state index contributed by atoms with van der Waals surface area (Å²) in [5.74, 6) is -0.609. The van der Waals surface area contributed by atoms with Crippen molar-refractivity contribution in [2.45, 2.75) is 12.5 Å². The highest BCUT2D eigenvalue weighted by Crippen LogP contribution is 2.16. The molecule has 2 N–H and O–H groups in total. The minimum Gasteiger partial charge on any atom is -0.491 e. The summed E-state index contributed by atoms with van der Waals surface area (Å²) < 4.78 is 10.7. The van der Waals surface area contributed by atoms with Crippen LogP contribution in [0.2, 0.25) is 0 Å². The minimum absolute atomic E-state index is 0.152. The van der Waals surface area contributed by atoms with Crippen LogP contribution in [-0.4, -0.2) is 36.8 Å². The van der Waals surface area contributed by atoms with Crippen molar-refractivity contribution in [2.24, 2.45) is 0 Å². The van der Waals surface area contributed by atoms with E-state index in [9.17, 15) is 9.59 Å². The van der Waals surface area contributed by atoms with Gasteiger partial charge in [0.1, 0.15) is 19.0 Å². The molecule has 2 aromatic rings. The smallest absolute Gasteiger partial charge is 0.305 e. The SMILES string of the molecule is O=C(O)CC(NC(=O)COCCOc1ccccc1)c1ccccc1. The number of para-hydroxylation sites is 1. The Morgan fingerprint density at radius 1 is 0.960 bits per heavy atom. The summed E-state index contributed by atoms with van der Waals surface area (Å²) in [5, 5.41) is 11.7. The first-order chi connectivity index (χ1) is 12.1. The Hall–Kier alpha value is -2.86. The molecular weight excluding hydrogens is 322 g/mol. The van der Waals surface area contributed by atoms with Gasteiger partial charge in [0, 0.05) is 0 Å². The van der Waals surface area contributed by atoms with Crippen LogP contribution in [0.5, 0.6) is 5.75 Å². The molecule has 0 aliphatic rings. The minimum atomic E-state index is -0.980. The van der Waals surface area contributed by atoms with Gasteiger partial charge in [-0.1, -0.05) is 48.5 Å². The van der Waals surface area contributed by atoms with E-state index in [4.69, 9.17) is 14.6 Å². The number of carboxylic acid groups (broad SMARTS) is 1. The van der Waals surface area contributed by atoms with Crippen LogP contribution in [0, 0.1) is 0 Å². The van der Waals surface area contributed by atoms with Gasteiger partial charge in [-0.25, -0.2) is 0 Å². The number of benzene rings is 2. The third kappa shape index (κ3) is 7.05. The van der Waals surface area contributed by atoms with Crippen molar-refractivity contribution in [3.8, 4) is 5.75 Å². The average Bonchev–Trinajstić information content (AvgIpc) is 2.62. The number of carboxylic acids is 1. The highest BCUT2D eigenvalue weighted by molar-refractivity contribution is 5.78. The zero-order valence-corrected chi connectivity index (χ0v) is 13.8. The van der Waals surface area contributed by atoms with Crippen molar-refractivity contribution in [1.82, 2.24) is 5.32 Å². The van der Waals surface area contributed by atoms with Crippen LogP contribution in [0.3, 0.4) is 0 Å². The molecule has 0 aliphatic heterocycles. The largest absolute Gasteiger partial charge is 0.491 e. The van der Waals surface area contributed by atoms with Crippen molar-refractivity contribution in [3.05, 3.63) is 66.2 Å². The monoisotopic (exact) mass is 343 g/mol. The lowest BCUT2D eigenvalue weighted by Crippen LogP contribution is -2.33. The molecule has 0 saturated heterocycles. The summed E-state index contributed by atoms with van der Waals surface area (Å²) in [6, 6.07) is 17.7. The second-order valence-corrected chi connectivity index (χ2v) is 5.34. The first-order valence-corrected chi connectivity index (χ1v) is 7.97. The van der Waals surface area contributed by atoms with Gasteiger partial charge in [0.25, 0.3) is 0 Å². The van der Waals surface area contributed by atoms with Gasteiger partial charge in [-0.3, -0.25) is 9.59 Å². The zero-order chi connectivity index (χ0) is 17.9. The summed E-state index contributed by atoms with van der Waals surface area (Å²) >= 11 is 0. The average molecular weight is 343 g/mol. The van der Waals surface area contributed by atoms with E-state index in [2.05, 4.69) is 5.32 Å². The Morgan fingerprint density at radius 3 is 2.24 bits per heavy atom. The first-order valence-electron chi connectivity index (χ1n) is 7.97. The molecule has 0 fully saturated rings. The maximum Gasteiger partial charge on any atom is 0.305 e. The van der Waals surface area contributed by atoms with E-state index >= 15 is 0 Å². The van der Waals surface area contributed by atoms with Crippen molar-refractivity contribution in [2.75, 3.05) is 19.8 Å².